The lowest BCUT2D eigenvalue weighted by Gasteiger charge is -2.44. The van der Waals surface area contributed by atoms with Gasteiger partial charge >= 0.3 is 11.9 Å². The molecule has 0 aliphatic heterocycles. The van der Waals surface area contributed by atoms with Crippen molar-refractivity contribution >= 4 is 17.5 Å². The van der Waals surface area contributed by atoms with Crippen LogP contribution in [-0.4, -0.2) is 32.4 Å². The Kier molecular flexibility index (Phi) is 4.44. The molecule has 2 atom stereocenters. The van der Waals surface area contributed by atoms with Crippen molar-refractivity contribution in [1.82, 2.24) is 0 Å². The van der Waals surface area contributed by atoms with Crippen LogP contribution in [-0.2, 0) is 9.59 Å². The monoisotopic (exact) mass is 360 g/mol. The first kappa shape index (κ1) is 19.6. The molecule has 6 heteroatoms. The number of aryl methyl sites for hydroxylation is 1. The number of rotatable bonds is 3. The predicted molar refractivity (Wildman–Crippen MR) is 97.1 cm³/mol. The highest BCUT2D eigenvalue weighted by Crippen LogP contribution is 2.57. The molecular formula is C20H24O6. The number of phenolic OH excluding ortho intramolecular Hbond substituents is 1. The fraction of sp³-hybridized carbons (Fsp3) is 0.400. The summed E-state index contributed by atoms with van der Waals surface area (Å²) in [7, 11) is 0. The molecular weight excluding hydrogens is 336 g/mol. The van der Waals surface area contributed by atoms with Gasteiger partial charge in [0.15, 0.2) is 0 Å². The van der Waals surface area contributed by atoms with Gasteiger partial charge in [-0.3, -0.25) is 9.59 Å². The van der Waals surface area contributed by atoms with Gasteiger partial charge in [-0.1, -0.05) is 6.08 Å². The molecule has 0 fully saturated rings. The van der Waals surface area contributed by atoms with Gasteiger partial charge in [0.2, 0.25) is 0 Å². The standard InChI is InChI=1S/C20H24O6/c1-9-7-13(11(3)12(4)15(9)21)14-8-10(2)16(22)20(6,18(25)26)19(14,5)17(23)24/h7-8,21-22H,1-6H3,(H,23,24)(H,25,26). The number of aromatic hydroxyl groups is 1. The van der Waals surface area contributed by atoms with Gasteiger partial charge in [-0.25, -0.2) is 0 Å². The minimum Gasteiger partial charge on any atom is -0.511 e. The number of phenols is 1. The molecule has 0 saturated carbocycles. The largest absolute Gasteiger partial charge is 0.511 e. The molecule has 1 aromatic rings. The van der Waals surface area contributed by atoms with Crippen LogP contribution in [0.15, 0.2) is 23.5 Å². The number of aliphatic carboxylic acids is 2. The quantitative estimate of drug-likeness (QED) is 0.653. The molecule has 2 unspecified atom stereocenters. The Morgan fingerprint density at radius 1 is 0.885 bits per heavy atom. The highest BCUT2D eigenvalue weighted by atomic mass is 16.4. The first-order valence-electron chi connectivity index (χ1n) is 8.21. The highest BCUT2D eigenvalue weighted by molar-refractivity contribution is 6.02. The zero-order chi connectivity index (χ0) is 20.2. The summed E-state index contributed by atoms with van der Waals surface area (Å²) in [4.78, 5) is 24.4. The van der Waals surface area contributed by atoms with Crippen molar-refractivity contribution in [1.29, 1.82) is 0 Å². The Hall–Kier alpha value is -2.76. The summed E-state index contributed by atoms with van der Waals surface area (Å²) in [5.74, 6) is -3.12. The zero-order valence-corrected chi connectivity index (χ0v) is 15.8. The van der Waals surface area contributed by atoms with Crippen LogP contribution in [0.4, 0.5) is 0 Å². The SMILES string of the molecule is CC1=C(O)C(C)(C(=O)O)C(C)(C(=O)O)C(c2cc(C)c(O)c(C)c2C)=C1. The molecule has 0 aromatic heterocycles. The summed E-state index contributed by atoms with van der Waals surface area (Å²) < 4.78 is 0. The normalized spacial score (nSPS) is 25.8. The summed E-state index contributed by atoms with van der Waals surface area (Å²) in [5.41, 5.74) is -1.01. The first-order valence-corrected chi connectivity index (χ1v) is 8.21. The molecule has 140 valence electrons. The molecule has 0 heterocycles. The topological polar surface area (TPSA) is 115 Å². The van der Waals surface area contributed by atoms with Gasteiger partial charge in [0.05, 0.1) is 0 Å². The Bertz CT molecular complexity index is 892. The molecule has 1 aliphatic rings. The predicted octanol–water partition coefficient (Wildman–Crippen LogP) is 3.73. The number of carboxylic acid groups (broad SMARTS) is 2. The third-order valence-corrected chi connectivity index (χ3v) is 5.95. The molecule has 6 nitrogen and oxygen atoms in total. The lowest BCUT2D eigenvalue weighted by molar-refractivity contribution is -0.165. The number of allylic oxidation sites excluding steroid dienone is 2. The van der Waals surface area contributed by atoms with Crippen LogP contribution in [0.3, 0.4) is 0 Å². The van der Waals surface area contributed by atoms with E-state index >= 15 is 0 Å². The van der Waals surface area contributed by atoms with E-state index in [4.69, 9.17) is 0 Å². The second kappa shape index (κ2) is 5.90. The lowest BCUT2D eigenvalue weighted by atomic mass is 9.55. The van der Waals surface area contributed by atoms with Gasteiger partial charge in [0.1, 0.15) is 22.3 Å². The zero-order valence-electron chi connectivity index (χ0n) is 15.8. The van der Waals surface area contributed by atoms with E-state index in [2.05, 4.69) is 0 Å². The third-order valence-electron chi connectivity index (χ3n) is 5.95. The molecule has 2 rings (SSSR count). The van der Waals surface area contributed by atoms with Crippen molar-refractivity contribution in [3.05, 3.63) is 45.7 Å². The van der Waals surface area contributed by atoms with Crippen LogP contribution in [0.5, 0.6) is 5.75 Å². The molecule has 0 amide bonds. The molecule has 1 aromatic carbocycles. The second-order valence-corrected chi connectivity index (χ2v) is 7.29. The minimum absolute atomic E-state index is 0.121. The number of aliphatic hydroxyl groups excluding tert-OH is 1. The van der Waals surface area contributed by atoms with Crippen molar-refractivity contribution in [3.8, 4) is 5.75 Å². The Labute approximate surface area is 152 Å². The van der Waals surface area contributed by atoms with E-state index in [1.165, 1.54) is 19.9 Å². The second-order valence-electron chi connectivity index (χ2n) is 7.29. The highest BCUT2D eigenvalue weighted by Gasteiger charge is 2.62. The van der Waals surface area contributed by atoms with E-state index in [0.29, 0.717) is 27.8 Å². The molecule has 0 saturated heterocycles. The Balaban J connectivity index is 2.99. The van der Waals surface area contributed by atoms with Crippen LogP contribution in [0.1, 0.15) is 43.0 Å². The van der Waals surface area contributed by atoms with Crippen LogP contribution < -0.4 is 0 Å². The maximum Gasteiger partial charge on any atom is 0.318 e. The average Bonchev–Trinajstić information content (AvgIpc) is 2.57. The maximum atomic E-state index is 12.3. The van der Waals surface area contributed by atoms with E-state index < -0.39 is 28.5 Å². The number of aliphatic hydroxyl groups is 1. The summed E-state index contributed by atoms with van der Waals surface area (Å²) in [6.07, 6.45) is 1.52. The first-order chi connectivity index (χ1) is 11.8. The molecule has 0 spiro atoms. The lowest BCUT2D eigenvalue weighted by Crippen LogP contribution is -2.52. The molecule has 26 heavy (non-hydrogen) atoms. The van der Waals surface area contributed by atoms with Crippen molar-refractivity contribution in [2.45, 2.75) is 41.5 Å². The Morgan fingerprint density at radius 2 is 1.38 bits per heavy atom. The molecule has 4 N–H and O–H groups in total. The van der Waals surface area contributed by atoms with Gasteiger partial charge in [-0.2, -0.15) is 0 Å². The van der Waals surface area contributed by atoms with Gasteiger partial charge in [0, 0.05) is 0 Å². The van der Waals surface area contributed by atoms with Crippen molar-refractivity contribution < 1.29 is 30.0 Å². The van der Waals surface area contributed by atoms with E-state index in [-0.39, 0.29) is 11.3 Å². The molecule has 1 aliphatic carbocycles. The van der Waals surface area contributed by atoms with Gasteiger partial charge in [-0.15, -0.1) is 0 Å². The van der Waals surface area contributed by atoms with Crippen molar-refractivity contribution in [3.63, 3.8) is 0 Å². The average molecular weight is 360 g/mol. The van der Waals surface area contributed by atoms with Crippen LogP contribution >= 0.6 is 0 Å². The maximum absolute atomic E-state index is 12.3. The third kappa shape index (κ3) is 2.25. The van der Waals surface area contributed by atoms with Crippen LogP contribution in [0, 0.1) is 31.6 Å². The van der Waals surface area contributed by atoms with E-state index in [1.54, 1.807) is 33.8 Å². The minimum atomic E-state index is -2.04. The van der Waals surface area contributed by atoms with E-state index in [9.17, 15) is 30.0 Å². The number of carboxylic acids is 2. The number of hydrogen-bond acceptors (Lipinski definition) is 4. The van der Waals surface area contributed by atoms with E-state index in [1.807, 2.05) is 0 Å². The van der Waals surface area contributed by atoms with Crippen molar-refractivity contribution in [2.75, 3.05) is 0 Å². The number of benzene rings is 1. The summed E-state index contributed by atoms with van der Waals surface area (Å²) in [5, 5.41) is 40.5. The summed E-state index contributed by atoms with van der Waals surface area (Å²) in [6, 6.07) is 1.66. The van der Waals surface area contributed by atoms with Crippen LogP contribution in [0.2, 0.25) is 0 Å². The molecule has 0 bridgehead atoms. The smallest absolute Gasteiger partial charge is 0.318 e. The van der Waals surface area contributed by atoms with Gasteiger partial charge in [-0.05, 0) is 81.0 Å². The van der Waals surface area contributed by atoms with Crippen LogP contribution in [0.25, 0.3) is 5.57 Å². The summed E-state index contributed by atoms with van der Waals surface area (Å²) >= 11 is 0. The molecule has 0 radical (unpaired) electrons. The van der Waals surface area contributed by atoms with Gasteiger partial charge < -0.3 is 20.4 Å². The van der Waals surface area contributed by atoms with Gasteiger partial charge in [0.25, 0.3) is 0 Å². The Morgan fingerprint density at radius 3 is 1.85 bits per heavy atom. The van der Waals surface area contributed by atoms with Crippen molar-refractivity contribution in [2.24, 2.45) is 10.8 Å². The fourth-order valence-electron chi connectivity index (χ4n) is 3.67. The number of carbonyl (C=O) groups is 2. The van der Waals surface area contributed by atoms with E-state index in [0.717, 1.165) is 0 Å². The summed E-state index contributed by atoms with van der Waals surface area (Å²) in [6.45, 7) is 9.26. The fourth-order valence-corrected chi connectivity index (χ4v) is 3.67. The number of hydrogen-bond donors (Lipinski definition) is 4.